The fraction of sp³-hybridized carbons (Fsp3) is 0.333. The van der Waals surface area contributed by atoms with Gasteiger partial charge in [-0.3, -0.25) is 19.3 Å². The van der Waals surface area contributed by atoms with Crippen molar-refractivity contribution in [2.24, 2.45) is 5.92 Å². The second-order valence-electron chi connectivity index (χ2n) is 8.06. The molecule has 1 aliphatic rings. The van der Waals surface area contributed by atoms with Crippen LogP contribution in [0, 0.1) is 5.92 Å². The fourth-order valence-corrected chi connectivity index (χ4v) is 3.94. The van der Waals surface area contributed by atoms with Crippen LogP contribution in [0.15, 0.2) is 61.1 Å². The van der Waals surface area contributed by atoms with Crippen LogP contribution >= 0.6 is 0 Å². The molecule has 0 unspecified atom stereocenters. The highest BCUT2D eigenvalue weighted by Gasteiger charge is 2.25. The molecule has 2 N–H and O–H groups in total. The number of hydrogen-bond donors (Lipinski definition) is 2. The highest BCUT2D eigenvalue weighted by molar-refractivity contribution is 5.95. The Hall–Kier alpha value is -3.48. The Kier molecular flexibility index (Phi) is 6.40. The van der Waals surface area contributed by atoms with Gasteiger partial charge in [0.05, 0.1) is 23.0 Å². The third-order valence-electron chi connectivity index (χ3n) is 5.84. The van der Waals surface area contributed by atoms with Crippen LogP contribution in [0.3, 0.4) is 0 Å². The summed E-state index contributed by atoms with van der Waals surface area (Å²) in [5.74, 6) is 0.274. The Balaban J connectivity index is 1.34. The van der Waals surface area contributed by atoms with Crippen LogP contribution in [-0.4, -0.2) is 39.7 Å². The van der Waals surface area contributed by atoms with Gasteiger partial charge in [-0.25, -0.2) is 0 Å². The van der Waals surface area contributed by atoms with Gasteiger partial charge in [0, 0.05) is 32.0 Å². The lowest BCUT2D eigenvalue weighted by Crippen LogP contribution is -2.34. The molecule has 0 fully saturated rings. The Labute approximate surface area is 181 Å². The summed E-state index contributed by atoms with van der Waals surface area (Å²) in [6, 6.07) is 13.6. The van der Waals surface area contributed by atoms with E-state index in [1.54, 1.807) is 30.7 Å². The molecule has 1 aromatic carbocycles. The predicted octanol–water partition coefficient (Wildman–Crippen LogP) is 2.80. The Morgan fingerprint density at radius 1 is 1.10 bits per heavy atom. The molecule has 0 saturated heterocycles. The van der Waals surface area contributed by atoms with E-state index in [0.29, 0.717) is 30.6 Å². The van der Waals surface area contributed by atoms with Gasteiger partial charge in [-0.05, 0) is 42.4 Å². The average Bonchev–Trinajstić information content (AvgIpc) is 3.25. The first-order valence-electron chi connectivity index (χ1n) is 10.7. The van der Waals surface area contributed by atoms with Gasteiger partial charge in [0.1, 0.15) is 0 Å². The monoisotopic (exact) mass is 417 g/mol. The van der Waals surface area contributed by atoms with Gasteiger partial charge < -0.3 is 10.6 Å². The summed E-state index contributed by atoms with van der Waals surface area (Å²) in [6.07, 6.45) is 6.49. The van der Waals surface area contributed by atoms with Crippen molar-refractivity contribution in [2.45, 2.75) is 32.2 Å². The summed E-state index contributed by atoms with van der Waals surface area (Å²) in [6.45, 7) is 3.98. The number of aryl methyl sites for hydroxylation is 1. The van der Waals surface area contributed by atoms with Crippen molar-refractivity contribution in [3.63, 3.8) is 0 Å². The molecule has 2 atom stereocenters. The average molecular weight is 418 g/mol. The van der Waals surface area contributed by atoms with Crippen molar-refractivity contribution in [1.82, 2.24) is 25.4 Å². The van der Waals surface area contributed by atoms with Crippen molar-refractivity contribution in [3.05, 3.63) is 83.4 Å². The molecule has 4 rings (SSSR count). The smallest absolute Gasteiger partial charge is 0.254 e. The van der Waals surface area contributed by atoms with E-state index in [1.165, 1.54) is 5.56 Å². The van der Waals surface area contributed by atoms with Crippen LogP contribution in [0.2, 0.25) is 0 Å². The largest absolute Gasteiger partial charge is 0.352 e. The van der Waals surface area contributed by atoms with Crippen LogP contribution in [0.5, 0.6) is 0 Å². The van der Waals surface area contributed by atoms with Crippen LogP contribution in [-0.2, 0) is 13.0 Å². The normalized spacial score (nSPS) is 16.2. The Morgan fingerprint density at radius 2 is 1.94 bits per heavy atom. The fourth-order valence-electron chi connectivity index (χ4n) is 3.94. The first-order chi connectivity index (χ1) is 15.1. The number of fused-ring (bicyclic) bond motifs is 1. The minimum absolute atomic E-state index is 0.0934. The SMILES string of the molecule is C[C@H](CNC(=O)c1cnn2c1C[C@@H](CNC(=O)c1cccnc1)CC2)c1ccccc1. The Bertz CT molecular complexity index is 1030. The molecule has 2 amide bonds. The lowest BCUT2D eigenvalue weighted by Gasteiger charge is -2.24. The number of amides is 2. The molecule has 0 saturated carbocycles. The molecule has 160 valence electrons. The second kappa shape index (κ2) is 9.55. The van der Waals surface area contributed by atoms with Gasteiger partial charge in [-0.1, -0.05) is 37.3 Å². The molecule has 3 heterocycles. The number of carbonyl (C=O) groups excluding carboxylic acids is 2. The summed E-state index contributed by atoms with van der Waals surface area (Å²) in [7, 11) is 0. The molecule has 3 aromatic rings. The van der Waals surface area contributed by atoms with Crippen molar-refractivity contribution in [3.8, 4) is 0 Å². The van der Waals surface area contributed by atoms with Crippen molar-refractivity contribution in [1.29, 1.82) is 0 Å². The van der Waals surface area contributed by atoms with Crippen molar-refractivity contribution < 1.29 is 9.59 Å². The topological polar surface area (TPSA) is 88.9 Å². The van der Waals surface area contributed by atoms with Crippen LogP contribution in [0.1, 0.15) is 51.2 Å². The van der Waals surface area contributed by atoms with Gasteiger partial charge in [-0.2, -0.15) is 5.10 Å². The summed E-state index contributed by atoms with van der Waals surface area (Å²) >= 11 is 0. The molecule has 1 aliphatic heterocycles. The molecule has 0 bridgehead atoms. The molecular weight excluding hydrogens is 390 g/mol. The van der Waals surface area contributed by atoms with E-state index in [2.05, 4.69) is 39.8 Å². The molecule has 0 radical (unpaired) electrons. The third kappa shape index (κ3) is 4.99. The molecule has 0 aliphatic carbocycles. The first kappa shape index (κ1) is 20.8. The van der Waals surface area contributed by atoms with Crippen molar-refractivity contribution in [2.75, 3.05) is 13.1 Å². The van der Waals surface area contributed by atoms with E-state index in [1.807, 2.05) is 22.9 Å². The summed E-state index contributed by atoms with van der Waals surface area (Å²) in [4.78, 5) is 29.1. The standard InChI is InChI=1S/C24H27N5O2/c1-17(19-6-3-2-4-7-19)13-26-24(31)21-16-28-29-11-9-18(12-22(21)29)14-27-23(30)20-8-5-10-25-15-20/h2-8,10,15-18H,9,11-14H2,1H3,(H,26,31)(H,27,30)/t17-,18+/m1/s1. The minimum Gasteiger partial charge on any atom is -0.352 e. The number of rotatable bonds is 7. The molecule has 0 spiro atoms. The lowest BCUT2D eigenvalue weighted by atomic mass is 9.94. The zero-order valence-corrected chi connectivity index (χ0v) is 17.6. The third-order valence-corrected chi connectivity index (χ3v) is 5.84. The molecule has 2 aromatic heterocycles. The summed E-state index contributed by atoms with van der Waals surface area (Å²) in [5.41, 5.74) is 3.32. The predicted molar refractivity (Wildman–Crippen MR) is 118 cm³/mol. The number of carbonyl (C=O) groups is 2. The second-order valence-corrected chi connectivity index (χ2v) is 8.06. The van der Waals surface area contributed by atoms with Gasteiger partial charge >= 0.3 is 0 Å². The highest BCUT2D eigenvalue weighted by atomic mass is 16.2. The molecule has 7 nitrogen and oxygen atoms in total. The number of pyridine rings is 1. The Morgan fingerprint density at radius 3 is 2.71 bits per heavy atom. The van der Waals surface area contributed by atoms with Crippen LogP contribution in [0.4, 0.5) is 0 Å². The number of nitrogens with zero attached hydrogens (tertiary/aromatic N) is 3. The number of benzene rings is 1. The van der Waals surface area contributed by atoms with Gasteiger partial charge in [-0.15, -0.1) is 0 Å². The van der Waals surface area contributed by atoms with Crippen LogP contribution < -0.4 is 10.6 Å². The van der Waals surface area contributed by atoms with Gasteiger partial charge in [0.25, 0.3) is 11.8 Å². The van der Waals surface area contributed by atoms with E-state index < -0.39 is 0 Å². The number of aromatic nitrogens is 3. The van der Waals surface area contributed by atoms with Crippen LogP contribution in [0.25, 0.3) is 0 Å². The molecule has 31 heavy (non-hydrogen) atoms. The summed E-state index contributed by atoms with van der Waals surface area (Å²) in [5, 5.41) is 10.4. The maximum atomic E-state index is 12.8. The molecule has 7 heteroatoms. The number of nitrogens with one attached hydrogen (secondary N) is 2. The van der Waals surface area contributed by atoms with Gasteiger partial charge in [0.15, 0.2) is 0 Å². The van der Waals surface area contributed by atoms with E-state index in [-0.39, 0.29) is 23.7 Å². The minimum atomic E-state index is -0.125. The van der Waals surface area contributed by atoms with E-state index in [4.69, 9.17) is 0 Å². The van der Waals surface area contributed by atoms with E-state index >= 15 is 0 Å². The quantitative estimate of drug-likeness (QED) is 0.619. The van der Waals surface area contributed by atoms with Gasteiger partial charge in [0.2, 0.25) is 0 Å². The maximum Gasteiger partial charge on any atom is 0.254 e. The van der Waals surface area contributed by atoms with Crippen molar-refractivity contribution >= 4 is 11.8 Å². The zero-order chi connectivity index (χ0) is 21.6. The lowest BCUT2D eigenvalue weighted by molar-refractivity contribution is 0.0934. The van der Waals surface area contributed by atoms with E-state index in [9.17, 15) is 9.59 Å². The molecular formula is C24H27N5O2. The van der Waals surface area contributed by atoms with E-state index in [0.717, 1.165) is 18.7 Å². The summed E-state index contributed by atoms with van der Waals surface area (Å²) < 4.78 is 1.91. The maximum absolute atomic E-state index is 12.8. The number of hydrogen-bond acceptors (Lipinski definition) is 4. The first-order valence-corrected chi connectivity index (χ1v) is 10.7. The zero-order valence-electron chi connectivity index (χ0n) is 17.6. The highest BCUT2D eigenvalue weighted by Crippen LogP contribution is 2.23.